The summed E-state index contributed by atoms with van der Waals surface area (Å²) in [5.74, 6) is 0. The molecule has 3 N–H and O–H groups in total. The van der Waals surface area contributed by atoms with Gasteiger partial charge in [0.05, 0.1) is 5.69 Å². The van der Waals surface area contributed by atoms with E-state index < -0.39 is 0 Å². The molecule has 0 aliphatic heterocycles. The maximum absolute atomic E-state index is 12.1. The van der Waals surface area contributed by atoms with Gasteiger partial charge in [0.15, 0.2) is 0 Å². The Morgan fingerprint density at radius 1 is 1.09 bits per heavy atom. The lowest BCUT2D eigenvalue weighted by Gasteiger charge is -2.14. The Kier molecular flexibility index (Phi) is 4.62. The lowest BCUT2D eigenvalue weighted by molar-refractivity contribution is 0.248. The van der Waals surface area contributed by atoms with Gasteiger partial charge in [-0.3, -0.25) is 0 Å². The van der Waals surface area contributed by atoms with Gasteiger partial charge >= 0.3 is 6.03 Å². The Morgan fingerprint density at radius 3 is 2.65 bits per heavy atom. The summed E-state index contributed by atoms with van der Waals surface area (Å²) in [4.78, 5) is 15.3. The molecule has 2 aromatic carbocycles. The molecular weight excluding hydrogens is 286 g/mol. The van der Waals surface area contributed by atoms with Crippen LogP contribution in [0.5, 0.6) is 0 Å². The number of hydrogen-bond donors (Lipinski definition) is 3. The van der Waals surface area contributed by atoms with E-state index in [2.05, 4.69) is 27.8 Å². The van der Waals surface area contributed by atoms with E-state index in [0.717, 1.165) is 29.4 Å². The van der Waals surface area contributed by atoms with Crippen molar-refractivity contribution in [1.82, 2.24) is 10.3 Å². The summed E-state index contributed by atoms with van der Waals surface area (Å²) in [6, 6.07) is 18.2. The van der Waals surface area contributed by atoms with Gasteiger partial charge in [-0.15, -0.1) is 0 Å². The van der Waals surface area contributed by atoms with E-state index in [-0.39, 0.29) is 12.1 Å². The predicted molar refractivity (Wildman–Crippen MR) is 94.7 cm³/mol. The maximum Gasteiger partial charge on any atom is 0.319 e. The summed E-state index contributed by atoms with van der Waals surface area (Å²) in [6.07, 6.45) is 3.68. The number of urea groups is 1. The van der Waals surface area contributed by atoms with E-state index >= 15 is 0 Å². The molecule has 0 spiro atoms. The van der Waals surface area contributed by atoms with Gasteiger partial charge < -0.3 is 15.6 Å². The Labute approximate surface area is 135 Å². The lowest BCUT2D eigenvalue weighted by atomic mass is 10.1. The van der Waals surface area contributed by atoms with Crippen molar-refractivity contribution in [2.24, 2.45) is 0 Å². The number of carbonyl (C=O) groups is 1. The monoisotopic (exact) mass is 307 g/mol. The zero-order chi connectivity index (χ0) is 16.1. The number of benzene rings is 2. The number of amides is 2. The van der Waals surface area contributed by atoms with Crippen LogP contribution in [0.3, 0.4) is 0 Å². The van der Waals surface area contributed by atoms with Crippen molar-refractivity contribution < 1.29 is 4.79 Å². The molecule has 0 aliphatic carbocycles. The number of aromatic nitrogens is 1. The van der Waals surface area contributed by atoms with Crippen LogP contribution in [0.1, 0.15) is 18.9 Å². The Hall–Kier alpha value is -2.75. The average Bonchev–Trinajstić information content (AvgIpc) is 2.97. The smallest absolute Gasteiger partial charge is 0.319 e. The molecule has 118 valence electrons. The third-order valence-electron chi connectivity index (χ3n) is 3.92. The zero-order valence-electron chi connectivity index (χ0n) is 13.2. The second-order valence-corrected chi connectivity index (χ2v) is 5.77. The van der Waals surface area contributed by atoms with Crippen molar-refractivity contribution in [2.75, 3.05) is 5.32 Å². The molecule has 0 aliphatic rings. The molecule has 4 nitrogen and oxygen atoms in total. The van der Waals surface area contributed by atoms with Gasteiger partial charge in [0, 0.05) is 23.1 Å². The highest BCUT2D eigenvalue weighted by atomic mass is 16.2. The maximum atomic E-state index is 12.1. The molecule has 0 unspecified atom stereocenters. The number of aromatic amines is 1. The first-order chi connectivity index (χ1) is 11.2. The normalized spacial score (nSPS) is 12.0. The topological polar surface area (TPSA) is 56.9 Å². The number of para-hydroxylation sites is 1. The molecule has 1 aromatic heterocycles. The number of carbonyl (C=O) groups excluding carboxylic acids is 1. The van der Waals surface area contributed by atoms with Gasteiger partial charge in [0.1, 0.15) is 0 Å². The Bertz CT molecular complexity index is 779. The van der Waals surface area contributed by atoms with E-state index in [0.29, 0.717) is 0 Å². The first-order valence-corrected chi connectivity index (χ1v) is 7.90. The van der Waals surface area contributed by atoms with Crippen molar-refractivity contribution in [2.45, 2.75) is 25.8 Å². The van der Waals surface area contributed by atoms with Crippen molar-refractivity contribution in [1.29, 1.82) is 0 Å². The fourth-order valence-electron chi connectivity index (χ4n) is 2.66. The number of anilines is 1. The highest BCUT2D eigenvalue weighted by Crippen LogP contribution is 2.22. The summed E-state index contributed by atoms with van der Waals surface area (Å²) in [6.45, 7) is 2.03. The number of rotatable bonds is 5. The van der Waals surface area contributed by atoms with Gasteiger partial charge in [-0.25, -0.2) is 4.79 Å². The SMILES string of the molecule is C[C@@H](CCc1ccccc1)NC(=O)Nc1c[nH]c2ccccc12. The summed E-state index contributed by atoms with van der Waals surface area (Å²) in [5, 5.41) is 6.92. The standard InChI is InChI=1S/C19H21N3O/c1-14(11-12-15-7-3-2-4-8-15)21-19(23)22-18-13-20-17-10-6-5-9-16(17)18/h2-10,13-14,20H,11-12H2,1H3,(H2,21,22,23)/t14-/m0/s1. The minimum atomic E-state index is -0.171. The molecule has 3 aromatic rings. The van der Waals surface area contributed by atoms with Crippen LogP contribution in [0, 0.1) is 0 Å². The first kappa shape index (κ1) is 15.2. The van der Waals surface area contributed by atoms with Crippen molar-refractivity contribution in [3.63, 3.8) is 0 Å². The van der Waals surface area contributed by atoms with Crippen LogP contribution in [-0.4, -0.2) is 17.1 Å². The molecule has 1 heterocycles. The highest BCUT2D eigenvalue weighted by molar-refractivity contribution is 6.00. The van der Waals surface area contributed by atoms with E-state index in [4.69, 9.17) is 0 Å². The van der Waals surface area contributed by atoms with Gasteiger partial charge in [-0.05, 0) is 31.4 Å². The van der Waals surface area contributed by atoms with Crippen LogP contribution in [-0.2, 0) is 6.42 Å². The second-order valence-electron chi connectivity index (χ2n) is 5.77. The minimum Gasteiger partial charge on any atom is -0.359 e. The van der Waals surface area contributed by atoms with E-state index in [1.54, 1.807) is 0 Å². The number of hydrogen-bond acceptors (Lipinski definition) is 1. The number of H-pyrrole nitrogens is 1. The largest absolute Gasteiger partial charge is 0.359 e. The zero-order valence-corrected chi connectivity index (χ0v) is 13.2. The Balaban J connectivity index is 1.52. The number of nitrogens with one attached hydrogen (secondary N) is 3. The molecule has 0 saturated carbocycles. The van der Waals surface area contributed by atoms with Crippen molar-refractivity contribution in [3.8, 4) is 0 Å². The van der Waals surface area contributed by atoms with Gasteiger partial charge in [-0.2, -0.15) is 0 Å². The van der Waals surface area contributed by atoms with Crippen molar-refractivity contribution >= 4 is 22.6 Å². The van der Waals surface area contributed by atoms with Crippen LogP contribution in [0.2, 0.25) is 0 Å². The fraction of sp³-hybridized carbons (Fsp3) is 0.211. The predicted octanol–water partition coefficient (Wildman–Crippen LogP) is 4.31. The Morgan fingerprint density at radius 2 is 1.83 bits per heavy atom. The van der Waals surface area contributed by atoms with Gasteiger partial charge in [0.2, 0.25) is 0 Å². The number of fused-ring (bicyclic) bond motifs is 1. The fourth-order valence-corrected chi connectivity index (χ4v) is 2.66. The average molecular weight is 307 g/mol. The van der Waals surface area contributed by atoms with Crippen LogP contribution in [0.25, 0.3) is 10.9 Å². The summed E-state index contributed by atoms with van der Waals surface area (Å²) >= 11 is 0. The number of aryl methyl sites for hydroxylation is 1. The third kappa shape index (κ3) is 3.92. The molecular formula is C19H21N3O. The molecule has 4 heteroatoms. The second kappa shape index (κ2) is 7.01. The van der Waals surface area contributed by atoms with E-state index in [9.17, 15) is 4.79 Å². The third-order valence-corrected chi connectivity index (χ3v) is 3.92. The quantitative estimate of drug-likeness (QED) is 0.646. The van der Waals surface area contributed by atoms with Gasteiger partial charge in [-0.1, -0.05) is 48.5 Å². The molecule has 0 saturated heterocycles. The van der Waals surface area contributed by atoms with Gasteiger partial charge in [0.25, 0.3) is 0 Å². The van der Waals surface area contributed by atoms with E-state index in [1.807, 2.05) is 55.6 Å². The molecule has 23 heavy (non-hydrogen) atoms. The van der Waals surface area contributed by atoms with Crippen LogP contribution >= 0.6 is 0 Å². The molecule has 0 radical (unpaired) electrons. The lowest BCUT2D eigenvalue weighted by Crippen LogP contribution is -2.36. The highest BCUT2D eigenvalue weighted by Gasteiger charge is 2.10. The van der Waals surface area contributed by atoms with Crippen molar-refractivity contribution in [3.05, 3.63) is 66.4 Å². The molecule has 0 bridgehead atoms. The molecule has 2 amide bonds. The molecule has 3 rings (SSSR count). The van der Waals surface area contributed by atoms with E-state index in [1.165, 1.54) is 5.56 Å². The molecule has 0 fully saturated rings. The van der Waals surface area contributed by atoms with Crippen LogP contribution < -0.4 is 10.6 Å². The summed E-state index contributed by atoms with van der Waals surface area (Å²) in [5.41, 5.74) is 3.10. The first-order valence-electron chi connectivity index (χ1n) is 7.90. The van der Waals surface area contributed by atoms with Crippen LogP contribution in [0.15, 0.2) is 60.8 Å². The summed E-state index contributed by atoms with van der Waals surface area (Å²) < 4.78 is 0. The van der Waals surface area contributed by atoms with Crippen LogP contribution in [0.4, 0.5) is 10.5 Å². The summed E-state index contributed by atoms with van der Waals surface area (Å²) in [7, 11) is 0. The molecule has 1 atom stereocenters. The minimum absolute atomic E-state index is 0.111.